The summed E-state index contributed by atoms with van der Waals surface area (Å²) in [6.07, 6.45) is 12.4. The molecular formula is C14H12O. The Kier molecular flexibility index (Phi) is 2.93. The lowest BCUT2D eigenvalue weighted by atomic mass is 10.1. The van der Waals surface area contributed by atoms with Crippen molar-refractivity contribution in [2.24, 2.45) is 0 Å². The molecule has 0 spiro atoms. The van der Waals surface area contributed by atoms with Crippen LogP contribution in [0.5, 0.6) is 0 Å². The summed E-state index contributed by atoms with van der Waals surface area (Å²) in [5.41, 5.74) is 3.15. The van der Waals surface area contributed by atoms with E-state index in [1.165, 1.54) is 5.57 Å². The zero-order chi connectivity index (χ0) is 10.5. The fourth-order valence-electron chi connectivity index (χ4n) is 1.48. The molecule has 0 unspecified atom stereocenters. The summed E-state index contributed by atoms with van der Waals surface area (Å²) in [5.74, 6) is 0. The van der Waals surface area contributed by atoms with E-state index in [1.807, 2.05) is 24.3 Å². The number of allylic oxidation sites excluding steroid dienone is 5. The van der Waals surface area contributed by atoms with Gasteiger partial charge in [0.15, 0.2) is 0 Å². The lowest BCUT2D eigenvalue weighted by Gasteiger charge is -1.94. The Labute approximate surface area is 89.4 Å². The van der Waals surface area contributed by atoms with Crippen LogP contribution in [0.2, 0.25) is 0 Å². The van der Waals surface area contributed by atoms with Crippen molar-refractivity contribution in [3.05, 3.63) is 65.3 Å². The SMILES string of the molecule is O=Cc1ccc(/C=C/C2=CC=CC2)cc1. The second-order valence-electron chi connectivity index (χ2n) is 3.49. The molecule has 1 aromatic rings. The zero-order valence-corrected chi connectivity index (χ0v) is 8.39. The van der Waals surface area contributed by atoms with Crippen LogP contribution in [0.25, 0.3) is 6.08 Å². The van der Waals surface area contributed by atoms with Crippen molar-refractivity contribution in [2.75, 3.05) is 0 Å². The second-order valence-corrected chi connectivity index (χ2v) is 3.49. The first-order chi connectivity index (χ1) is 7.38. The number of carbonyl (C=O) groups is 1. The third-order valence-corrected chi connectivity index (χ3v) is 2.36. The Morgan fingerprint density at radius 1 is 1.00 bits per heavy atom. The van der Waals surface area contributed by atoms with E-state index in [9.17, 15) is 4.79 Å². The van der Waals surface area contributed by atoms with Crippen molar-refractivity contribution < 1.29 is 4.79 Å². The van der Waals surface area contributed by atoms with Crippen LogP contribution in [0.3, 0.4) is 0 Å². The molecule has 0 saturated carbocycles. The molecule has 1 aliphatic rings. The van der Waals surface area contributed by atoms with E-state index in [1.54, 1.807) is 0 Å². The van der Waals surface area contributed by atoms with Crippen molar-refractivity contribution in [2.45, 2.75) is 6.42 Å². The molecule has 1 aliphatic carbocycles. The minimum Gasteiger partial charge on any atom is -0.298 e. The maximum atomic E-state index is 10.4. The molecule has 15 heavy (non-hydrogen) atoms. The zero-order valence-electron chi connectivity index (χ0n) is 8.39. The fraction of sp³-hybridized carbons (Fsp3) is 0.0714. The Hall–Kier alpha value is -1.89. The van der Waals surface area contributed by atoms with Crippen LogP contribution >= 0.6 is 0 Å². The standard InChI is InChI=1S/C14H12O/c15-11-14-9-7-13(8-10-14)6-5-12-3-1-2-4-12/h1-3,5-11H,4H2/b6-5+. The minimum atomic E-state index is 0.717. The monoisotopic (exact) mass is 196 g/mol. The lowest BCUT2D eigenvalue weighted by Crippen LogP contribution is -1.79. The van der Waals surface area contributed by atoms with Crippen LogP contribution in [0.15, 0.2) is 54.1 Å². The highest BCUT2D eigenvalue weighted by Crippen LogP contribution is 2.13. The van der Waals surface area contributed by atoms with Crippen molar-refractivity contribution >= 4 is 12.4 Å². The van der Waals surface area contributed by atoms with Gasteiger partial charge in [0.1, 0.15) is 6.29 Å². The molecule has 1 nitrogen and oxygen atoms in total. The van der Waals surface area contributed by atoms with E-state index in [0.717, 1.165) is 18.3 Å². The van der Waals surface area contributed by atoms with Gasteiger partial charge in [0.25, 0.3) is 0 Å². The summed E-state index contributed by atoms with van der Waals surface area (Å²) < 4.78 is 0. The summed E-state index contributed by atoms with van der Waals surface area (Å²) in [5, 5.41) is 0. The highest BCUT2D eigenvalue weighted by molar-refractivity contribution is 5.75. The largest absolute Gasteiger partial charge is 0.298 e. The van der Waals surface area contributed by atoms with Gasteiger partial charge in [-0.25, -0.2) is 0 Å². The van der Waals surface area contributed by atoms with E-state index < -0.39 is 0 Å². The van der Waals surface area contributed by atoms with Crippen molar-refractivity contribution in [1.29, 1.82) is 0 Å². The van der Waals surface area contributed by atoms with Gasteiger partial charge < -0.3 is 0 Å². The first-order valence-electron chi connectivity index (χ1n) is 4.97. The van der Waals surface area contributed by atoms with E-state index >= 15 is 0 Å². The molecule has 0 radical (unpaired) electrons. The normalized spacial score (nSPS) is 14.5. The fourth-order valence-corrected chi connectivity index (χ4v) is 1.48. The van der Waals surface area contributed by atoms with Gasteiger partial charge in [-0.1, -0.05) is 54.6 Å². The minimum absolute atomic E-state index is 0.717. The lowest BCUT2D eigenvalue weighted by molar-refractivity contribution is 0.112. The molecule has 0 bridgehead atoms. The van der Waals surface area contributed by atoms with E-state index in [4.69, 9.17) is 0 Å². The molecule has 0 aliphatic heterocycles. The molecule has 0 atom stereocenters. The van der Waals surface area contributed by atoms with E-state index in [-0.39, 0.29) is 0 Å². The van der Waals surface area contributed by atoms with Gasteiger partial charge in [0.2, 0.25) is 0 Å². The maximum Gasteiger partial charge on any atom is 0.150 e. The van der Waals surface area contributed by atoms with Gasteiger partial charge in [0.05, 0.1) is 0 Å². The number of aldehydes is 1. The number of rotatable bonds is 3. The molecule has 0 fully saturated rings. The Morgan fingerprint density at radius 2 is 1.73 bits per heavy atom. The number of carbonyl (C=O) groups excluding carboxylic acids is 1. The molecule has 0 amide bonds. The van der Waals surface area contributed by atoms with Crippen LogP contribution in [0, 0.1) is 0 Å². The predicted molar refractivity (Wildman–Crippen MR) is 62.7 cm³/mol. The van der Waals surface area contributed by atoms with Crippen LogP contribution in [0.1, 0.15) is 22.3 Å². The quantitative estimate of drug-likeness (QED) is 0.677. The summed E-state index contributed by atoms with van der Waals surface area (Å²) in [6.45, 7) is 0. The van der Waals surface area contributed by atoms with Crippen LogP contribution in [-0.4, -0.2) is 6.29 Å². The molecular weight excluding hydrogens is 184 g/mol. The number of benzene rings is 1. The Morgan fingerprint density at radius 3 is 2.33 bits per heavy atom. The summed E-state index contributed by atoms with van der Waals surface area (Å²) in [4.78, 5) is 10.4. The van der Waals surface area contributed by atoms with E-state index in [2.05, 4.69) is 30.4 Å². The highest BCUT2D eigenvalue weighted by Gasteiger charge is 1.94. The van der Waals surface area contributed by atoms with E-state index in [0.29, 0.717) is 5.56 Å². The van der Waals surface area contributed by atoms with Gasteiger partial charge >= 0.3 is 0 Å². The van der Waals surface area contributed by atoms with Crippen LogP contribution in [0.4, 0.5) is 0 Å². The third kappa shape index (κ3) is 2.53. The second kappa shape index (κ2) is 4.56. The molecule has 1 heteroatoms. The number of hydrogen-bond acceptors (Lipinski definition) is 1. The Bertz CT molecular complexity index is 433. The van der Waals surface area contributed by atoms with Crippen molar-refractivity contribution in [3.63, 3.8) is 0 Å². The average Bonchev–Trinajstić information content (AvgIpc) is 2.80. The first-order valence-corrected chi connectivity index (χ1v) is 4.97. The van der Waals surface area contributed by atoms with Crippen LogP contribution < -0.4 is 0 Å². The van der Waals surface area contributed by atoms with Gasteiger partial charge in [0, 0.05) is 5.56 Å². The summed E-state index contributed by atoms with van der Waals surface area (Å²) in [6, 6.07) is 7.55. The molecule has 0 saturated heterocycles. The maximum absolute atomic E-state index is 10.4. The molecule has 0 aromatic heterocycles. The third-order valence-electron chi connectivity index (χ3n) is 2.36. The first kappa shape index (κ1) is 9.66. The van der Waals surface area contributed by atoms with Crippen molar-refractivity contribution in [1.82, 2.24) is 0 Å². The molecule has 74 valence electrons. The van der Waals surface area contributed by atoms with Crippen LogP contribution in [-0.2, 0) is 0 Å². The summed E-state index contributed by atoms with van der Waals surface area (Å²) in [7, 11) is 0. The van der Waals surface area contributed by atoms with Gasteiger partial charge in [-0.2, -0.15) is 0 Å². The molecule has 2 rings (SSSR count). The number of hydrogen-bond donors (Lipinski definition) is 0. The topological polar surface area (TPSA) is 17.1 Å². The van der Waals surface area contributed by atoms with Gasteiger partial charge in [-0.15, -0.1) is 0 Å². The summed E-state index contributed by atoms with van der Waals surface area (Å²) >= 11 is 0. The Balaban J connectivity index is 2.07. The molecule has 0 N–H and O–H groups in total. The smallest absolute Gasteiger partial charge is 0.150 e. The van der Waals surface area contributed by atoms with Gasteiger partial charge in [-0.3, -0.25) is 4.79 Å². The molecule has 1 aromatic carbocycles. The molecule has 0 heterocycles. The average molecular weight is 196 g/mol. The van der Waals surface area contributed by atoms with Crippen molar-refractivity contribution in [3.8, 4) is 0 Å². The van der Waals surface area contributed by atoms with Gasteiger partial charge in [-0.05, 0) is 17.6 Å². The highest BCUT2D eigenvalue weighted by atomic mass is 16.1. The predicted octanol–water partition coefficient (Wildman–Crippen LogP) is 3.40.